The fourth-order valence-corrected chi connectivity index (χ4v) is 2.75. The molecule has 1 aliphatic heterocycles. The van der Waals surface area contributed by atoms with Gasteiger partial charge < -0.3 is 10.2 Å². The average Bonchev–Trinajstić information content (AvgIpc) is 2.31. The zero-order chi connectivity index (χ0) is 12.3. The first-order chi connectivity index (χ1) is 8.22. The second-order valence-electron chi connectivity index (χ2n) is 5.07. The minimum Gasteiger partial charge on any atom is -0.385 e. The fourth-order valence-electron chi connectivity index (χ4n) is 2.75. The third kappa shape index (κ3) is 2.74. The van der Waals surface area contributed by atoms with E-state index >= 15 is 0 Å². The van der Waals surface area contributed by atoms with Gasteiger partial charge in [-0.05, 0) is 63.8 Å². The summed E-state index contributed by atoms with van der Waals surface area (Å²) in [5.41, 5.74) is 4.04. The van der Waals surface area contributed by atoms with Crippen molar-refractivity contribution < 1.29 is 0 Å². The molecule has 1 heterocycles. The van der Waals surface area contributed by atoms with E-state index in [1.165, 1.54) is 42.7 Å². The Morgan fingerprint density at radius 3 is 2.82 bits per heavy atom. The number of hydrogen-bond donors (Lipinski definition) is 1. The molecule has 2 rings (SSSR count). The van der Waals surface area contributed by atoms with E-state index in [0.717, 1.165) is 6.54 Å². The number of benzene rings is 1. The van der Waals surface area contributed by atoms with E-state index in [-0.39, 0.29) is 0 Å². The molecule has 17 heavy (non-hydrogen) atoms. The number of piperidine rings is 1. The van der Waals surface area contributed by atoms with Gasteiger partial charge in [-0.15, -0.1) is 0 Å². The molecule has 94 valence electrons. The Bertz CT molecular complexity index is 373. The van der Waals surface area contributed by atoms with Crippen LogP contribution in [0, 0.1) is 6.92 Å². The highest BCUT2D eigenvalue weighted by molar-refractivity contribution is 5.61. The van der Waals surface area contributed by atoms with E-state index in [0.29, 0.717) is 6.04 Å². The molecule has 0 unspecified atom stereocenters. The van der Waals surface area contributed by atoms with Crippen LogP contribution in [0.3, 0.4) is 0 Å². The summed E-state index contributed by atoms with van der Waals surface area (Å²) >= 11 is 0. The average molecular weight is 232 g/mol. The Labute approximate surface area is 105 Å². The van der Waals surface area contributed by atoms with Crippen LogP contribution in [-0.2, 0) is 0 Å². The van der Waals surface area contributed by atoms with E-state index in [2.05, 4.69) is 49.2 Å². The summed E-state index contributed by atoms with van der Waals surface area (Å²) in [6, 6.07) is 7.43. The third-order valence-electron chi connectivity index (χ3n) is 3.69. The molecule has 1 fully saturated rings. The van der Waals surface area contributed by atoms with Crippen LogP contribution in [0.2, 0.25) is 0 Å². The maximum Gasteiger partial charge on any atom is 0.0399 e. The molecule has 0 saturated carbocycles. The molecule has 1 saturated heterocycles. The smallest absolute Gasteiger partial charge is 0.0399 e. The van der Waals surface area contributed by atoms with Gasteiger partial charge in [-0.2, -0.15) is 0 Å². The Balaban J connectivity index is 2.20. The van der Waals surface area contributed by atoms with E-state index < -0.39 is 0 Å². The number of nitrogens with one attached hydrogen (secondary N) is 1. The summed E-state index contributed by atoms with van der Waals surface area (Å²) < 4.78 is 0. The van der Waals surface area contributed by atoms with E-state index in [1.807, 2.05) is 0 Å². The monoisotopic (exact) mass is 232 g/mol. The molecule has 1 aromatic carbocycles. The number of aryl methyl sites for hydroxylation is 1. The van der Waals surface area contributed by atoms with Gasteiger partial charge >= 0.3 is 0 Å². The van der Waals surface area contributed by atoms with Crippen molar-refractivity contribution in [3.8, 4) is 0 Å². The normalized spacial score (nSPS) is 20.4. The van der Waals surface area contributed by atoms with Gasteiger partial charge in [-0.3, -0.25) is 0 Å². The van der Waals surface area contributed by atoms with Crippen LogP contribution >= 0.6 is 0 Å². The van der Waals surface area contributed by atoms with Crippen molar-refractivity contribution in [3.63, 3.8) is 0 Å². The predicted molar refractivity (Wildman–Crippen MR) is 76.0 cm³/mol. The van der Waals surface area contributed by atoms with Gasteiger partial charge in [0.15, 0.2) is 0 Å². The highest BCUT2D eigenvalue weighted by Crippen LogP contribution is 2.29. The van der Waals surface area contributed by atoms with Gasteiger partial charge in [-0.25, -0.2) is 0 Å². The Hall–Kier alpha value is -1.18. The number of rotatable bonds is 3. The summed E-state index contributed by atoms with van der Waals surface area (Å²) in [6.45, 7) is 8.89. The Morgan fingerprint density at radius 2 is 2.18 bits per heavy atom. The molecule has 0 bridgehead atoms. The first-order valence-corrected chi connectivity index (χ1v) is 6.83. The Kier molecular flexibility index (Phi) is 3.93. The van der Waals surface area contributed by atoms with Crippen LogP contribution in [-0.4, -0.2) is 19.1 Å². The van der Waals surface area contributed by atoms with E-state index in [4.69, 9.17) is 0 Å². The standard InChI is InChI=1S/C15H24N2/c1-4-16-14-8-9-15(12(2)11-14)17-10-6-5-7-13(17)3/h8-9,11,13,16H,4-7,10H2,1-3H3/t13-/m0/s1. The summed E-state index contributed by atoms with van der Waals surface area (Å²) in [6.07, 6.45) is 4.04. The molecule has 1 aliphatic rings. The molecule has 0 aromatic heterocycles. The molecule has 0 spiro atoms. The molecular weight excluding hydrogens is 208 g/mol. The van der Waals surface area contributed by atoms with Crippen LogP contribution in [0.4, 0.5) is 11.4 Å². The molecule has 2 heteroatoms. The fraction of sp³-hybridized carbons (Fsp3) is 0.600. The second-order valence-corrected chi connectivity index (χ2v) is 5.07. The summed E-state index contributed by atoms with van der Waals surface area (Å²) in [5, 5.41) is 3.37. The zero-order valence-corrected chi connectivity index (χ0v) is 11.3. The quantitative estimate of drug-likeness (QED) is 0.852. The molecule has 0 amide bonds. The van der Waals surface area contributed by atoms with E-state index in [9.17, 15) is 0 Å². The zero-order valence-electron chi connectivity index (χ0n) is 11.3. The molecule has 1 aromatic rings. The van der Waals surface area contributed by atoms with Gasteiger partial charge in [0.05, 0.1) is 0 Å². The van der Waals surface area contributed by atoms with Crippen LogP contribution in [0.5, 0.6) is 0 Å². The van der Waals surface area contributed by atoms with Crippen LogP contribution < -0.4 is 10.2 Å². The highest BCUT2D eigenvalue weighted by atomic mass is 15.2. The van der Waals surface area contributed by atoms with Crippen molar-refractivity contribution in [3.05, 3.63) is 23.8 Å². The van der Waals surface area contributed by atoms with Crippen molar-refractivity contribution in [1.29, 1.82) is 0 Å². The summed E-state index contributed by atoms with van der Waals surface area (Å²) in [7, 11) is 0. The topological polar surface area (TPSA) is 15.3 Å². The van der Waals surface area contributed by atoms with Gasteiger partial charge in [-0.1, -0.05) is 0 Å². The largest absolute Gasteiger partial charge is 0.385 e. The SMILES string of the molecule is CCNc1ccc(N2CCCC[C@@H]2C)c(C)c1. The lowest BCUT2D eigenvalue weighted by Gasteiger charge is -2.36. The number of hydrogen-bond acceptors (Lipinski definition) is 2. The molecule has 1 atom stereocenters. The van der Waals surface area contributed by atoms with Gasteiger partial charge in [0.1, 0.15) is 0 Å². The van der Waals surface area contributed by atoms with Crippen molar-refractivity contribution in [2.75, 3.05) is 23.3 Å². The third-order valence-corrected chi connectivity index (χ3v) is 3.69. The number of nitrogens with zero attached hydrogens (tertiary/aromatic N) is 1. The molecule has 1 N–H and O–H groups in total. The lowest BCUT2D eigenvalue weighted by Crippen LogP contribution is -2.37. The maximum atomic E-state index is 3.37. The summed E-state index contributed by atoms with van der Waals surface area (Å²) in [4.78, 5) is 2.56. The minimum absolute atomic E-state index is 0.687. The van der Waals surface area contributed by atoms with Crippen molar-refractivity contribution in [1.82, 2.24) is 0 Å². The summed E-state index contributed by atoms with van der Waals surface area (Å²) in [5.74, 6) is 0. The lowest BCUT2D eigenvalue weighted by atomic mass is 10.0. The minimum atomic E-state index is 0.687. The first-order valence-electron chi connectivity index (χ1n) is 6.83. The molecular formula is C15H24N2. The predicted octanol–water partition coefficient (Wildman–Crippen LogP) is 3.81. The molecule has 2 nitrogen and oxygen atoms in total. The van der Waals surface area contributed by atoms with Gasteiger partial charge in [0, 0.05) is 30.5 Å². The van der Waals surface area contributed by atoms with Crippen LogP contribution in [0.25, 0.3) is 0 Å². The van der Waals surface area contributed by atoms with Crippen molar-refractivity contribution >= 4 is 11.4 Å². The second kappa shape index (κ2) is 5.44. The Morgan fingerprint density at radius 1 is 1.35 bits per heavy atom. The van der Waals surface area contributed by atoms with Gasteiger partial charge in [0.2, 0.25) is 0 Å². The number of anilines is 2. The van der Waals surface area contributed by atoms with Crippen LogP contribution in [0.1, 0.15) is 38.7 Å². The van der Waals surface area contributed by atoms with Crippen LogP contribution in [0.15, 0.2) is 18.2 Å². The maximum absolute atomic E-state index is 3.37. The molecule has 0 radical (unpaired) electrons. The van der Waals surface area contributed by atoms with Crippen molar-refractivity contribution in [2.24, 2.45) is 0 Å². The lowest BCUT2D eigenvalue weighted by molar-refractivity contribution is 0.484. The van der Waals surface area contributed by atoms with E-state index in [1.54, 1.807) is 0 Å². The van der Waals surface area contributed by atoms with Gasteiger partial charge in [0.25, 0.3) is 0 Å². The van der Waals surface area contributed by atoms with Crippen molar-refractivity contribution in [2.45, 2.75) is 46.1 Å². The molecule has 0 aliphatic carbocycles. The highest BCUT2D eigenvalue weighted by Gasteiger charge is 2.19. The first kappa shape index (κ1) is 12.3.